The number of amides is 1. The lowest BCUT2D eigenvalue weighted by Gasteiger charge is -2.25. The fraction of sp³-hybridized carbons (Fsp3) is 0.233. The van der Waals surface area contributed by atoms with Gasteiger partial charge in [0.25, 0.3) is 5.91 Å². The van der Waals surface area contributed by atoms with Gasteiger partial charge in [0, 0.05) is 10.2 Å². The van der Waals surface area contributed by atoms with Gasteiger partial charge in [-0.1, -0.05) is 41.4 Å². The lowest BCUT2D eigenvalue weighted by molar-refractivity contribution is 0.0499. The zero-order chi connectivity index (χ0) is 26.3. The second-order valence-electron chi connectivity index (χ2n) is 9.28. The number of unbranched alkanes of at least 4 members (excludes halogenated alkanes) is 1. The predicted molar refractivity (Wildman–Crippen MR) is 146 cm³/mol. The molecule has 6 nitrogen and oxygen atoms in total. The molecule has 0 saturated heterocycles. The van der Waals surface area contributed by atoms with Crippen LogP contribution in [0.3, 0.4) is 0 Å². The number of aryl methyl sites for hydroxylation is 2. The summed E-state index contributed by atoms with van der Waals surface area (Å²) in [4.78, 5) is 41.6. The molecule has 3 aromatic carbocycles. The topological polar surface area (TPSA) is 76.8 Å². The molecule has 0 bridgehead atoms. The van der Waals surface area contributed by atoms with E-state index in [0.717, 1.165) is 34.0 Å². The van der Waals surface area contributed by atoms with Gasteiger partial charge in [0.05, 0.1) is 29.2 Å². The first-order valence-corrected chi connectivity index (χ1v) is 13.0. The number of carbonyl (C=O) groups is 2. The summed E-state index contributed by atoms with van der Waals surface area (Å²) in [6, 6.07) is 17.1. The second kappa shape index (κ2) is 9.98. The van der Waals surface area contributed by atoms with Crippen molar-refractivity contribution in [2.24, 2.45) is 0 Å². The number of carbonyl (C=O) groups excluding carboxylic acids is 2. The van der Waals surface area contributed by atoms with E-state index in [4.69, 9.17) is 9.15 Å². The summed E-state index contributed by atoms with van der Waals surface area (Å²) >= 11 is 3.51. The summed E-state index contributed by atoms with van der Waals surface area (Å²) in [5, 5.41) is 0.446. The predicted octanol–water partition coefficient (Wildman–Crippen LogP) is 6.88. The molecule has 1 atom stereocenters. The minimum atomic E-state index is -0.690. The van der Waals surface area contributed by atoms with Crippen LogP contribution < -0.4 is 10.3 Å². The van der Waals surface area contributed by atoms with Crippen LogP contribution in [-0.2, 0) is 4.74 Å². The van der Waals surface area contributed by atoms with E-state index in [1.807, 2.05) is 51.1 Å². The molecule has 7 heteroatoms. The van der Waals surface area contributed by atoms with Crippen LogP contribution in [-0.4, -0.2) is 18.5 Å². The van der Waals surface area contributed by atoms with Crippen LogP contribution in [0.15, 0.2) is 74.3 Å². The average Bonchev–Trinajstić information content (AvgIpc) is 3.18. The first-order chi connectivity index (χ1) is 17.8. The number of anilines is 1. The van der Waals surface area contributed by atoms with E-state index >= 15 is 0 Å². The van der Waals surface area contributed by atoms with Crippen LogP contribution in [0.1, 0.15) is 69.0 Å². The summed E-state index contributed by atoms with van der Waals surface area (Å²) in [6.45, 7) is 6.28. The minimum Gasteiger partial charge on any atom is -0.462 e. The first kappa shape index (κ1) is 25.0. The van der Waals surface area contributed by atoms with Crippen molar-refractivity contribution < 1.29 is 18.7 Å². The van der Waals surface area contributed by atoms with Crippen molar-refractivity contribution in [1.29, 1.82) is 0 Å². The van der Waals surface area contributed by atoms with Crippen LogP contribution in [0, 0.1) is 13.8 Å². The molecule has 188 valence electrons. The molecular formula is C30H26BrNO5. The van der Waals surface area contributed by atoms with Gasteiger partial charge in [-0.2, -0.15) is 0 Å². The van der Waals surface area contributed by atoms with E-state index in [1.54, 1.807) is 35.2 Å². The van der Waals surface area contributed by atoms with Gasteiger partial charge >= 0.3 is 5.97 Å². The molecule has 4 aromatic rings. The van der Waals surface area contributed by atoms with E-state index in [-0.39, 0.29) is 11.2 Å². The third-order valence-electron chi connectivity index (χ3n) is 6.76. The van der Waals surface area contributed by atoms with Crippen LogP contribution >= 0.6 is 15.9 Å². The lowest BCUT2D eigenvalue weighted by atomic mass is 9.97. The zero-order valence-electron chi connectivity index (χ0n) is 20.8. The highest BCUT2D eigenvalue weighted by molar-refractivity contribution is 9.10. The van der Waals surface area contributed by atoms with Crippen molar-refractivity contribution in [2.45, 2.75) is 39.7 Å². The molecule has 1 aliphatic heterocycles. The van der Waals surface area contributed by atoms with Gasteiger partial charge in [-0.15, -0.1) is 0 Å². The fourth-order valence-electron chi connectivity index (χ4n) is 4.64. The Balaban J connectivity index is 1.64. The number of nitrogens with zero attached hydrogens (tertiary/aromatic N) is 1. The van der Waals surface area contributed by atoms with E-state index < -0.39 is 17.9 Å². The Labute approximate surface area is 223 Å². The maximum Gasteiger partial charge on any atom is 0.338 e. The summed E-state index contributed by atoms with van der Waals surface area (Å²) in [5.41, 5.74) is 4.12. The monoisotopic (exact) mass is 559 g/mol. The molecule has 0 saturated carbocycles. The van der Waals surface area contributed by atoms with Crippen molar-refractivity contribution >= 4 is 44.5 Å². The van der Waals surface area contributed by atoms with E-state index in [9.17, 15) is 14.4 Å². The maximum absolute atomic E-state index is 13.8. The van der Waals surface area contributed by atoms with Gasteiger partial charge in [0.15, 0.2) is 5.43 Å². The summed E-state index contributed by atoms with van der Waals surface area (Å²) < 4.78 is 12.2. The van der Waals surface area contributed by atoms with Crippen LogP contribution in [0.25, 0.3) is 11.0 Å². The Bertz CT molecular complexity index is 1590. The minimum absolute atomic E-state index is 0.0359. The summed E-state index contributed by atoms with van der Waals surface area (Å²) in [7, 11) is 0. The SMILES string of the molecule is CCCCOC(=O)c1ccc(N2C(=O)c3oc4cc(C)c(C)cc4c(=O)c3C2c2cccc(Br)c2)cc1. The van der Waals surface area contributed by atoms with Crippen molar-refractivity contribution in [1.82, 2.24) is 0 Å². The van der Waals surface area contributed by atoms with Gasteiger partial charge in [-0.05, 0) is 85.5 Å². The van der Waals surface area contributed by atoms with E-state index in [1.165, 1.54) is 0 Å². The fourth-order valence-corrected chi connectivity index (χ4v) is 5.05. The number of rotatable bonds is 6. The second-order valence-corrected chi connectivity index (χ2v) is 10.2. The van der Waals surface area contributed by atoms with Crippen LogP contribution in [0.5, 0.6) is 0 Å². The molecule has 0 N–H and O–H groups in total. The molecule has 1 aliphatic rings. The van der Waals surface area contributed by atoms with Gasteiger partial charge in [0.2, 0.25) is 5.76 Å². The molecule has 0 spiro atoms. The van der Waals surface area contributed by atoms with Crippen molar-refractivity contribution in [2.75, 3.05) is 11.5 Å². The van der Waals surface area contributed by atoms with E-state index in [2.05, 4.69) is 15.9 Å². The highest BCUT2D eigenvalue weighted by Crippen LogP contribution is 2.42. The number of hydrogen-bond acceptors (Lipinski definition) is 5. The molecular weight excluding hydrogens is 534 g/mol. The molecule has 5 rings (SSSR count). The van der Waals surface area contributed by atoms with E-state index in [0.29, 0.717) is 34.4 Å². The molecule has 1 amide bonds. The summed E-state index contributed by atoms with van der Waals surface area (Å²) in [6.07, 6.45) is 1.73. The summed E-state index contributed by atoms with van der Waals surface area (Å²) in [5.74, 6) is -0.780. The quantitative estimate of drug-likeness (QED) is 0.190. The smallest absolute Gasteiger partial charge is 0.338 e. The highest BCUT2D eigenvalue weighted by atomic mass is 79.9. The van der Waals surface area contributed by atoms with Gasteiger partial charge in [-0.25, -0.2) is 4.79 Å². The first-order valence-electron chi connectivity index (χ1n) is 12.2. The standard InChI is InChI=1S/C30H26BrNO5/c1-4-5-13-36-30(35)19-9-11-22(12-10-19)32-26(20-7-6-8-21(31)16-20)25-27(33)23-14-17(2)18(3)15-24(23)37-28(25)29(32)34/h6-12,14-16,26H,4-5,13H2,1-3H3. The zero-order valence-corrected chi connectivity index (χ0v) is 22.4. The number of halogens is 1. The Hall–Kier alpha value is -3.71. The Morgan fingerprint density at radius 3 is 2.46 bits per heavy atom. The Morgan fingerprint density at radius 1 is 1.03 bits per heavy atom. The molecule has 37 heavy (non-hydrogen) atoms. The van der Waals surface area contributed by atoms with Crippen molar-refractivity contribution in [3.63, 3.8) is 0 Å². The van der Waals surface area contributed by atoms with Crippen LogP contribution in [0.4, 0.5) is 5.69 Å². The number of hydrogen-bond donors (Lipinski definition) is 0. The van der Waals surface area contributed by atoms with Crippen LogP contribution in [0.2, 0.25) is 0 Å². The Kier molecular flexibility index (Phi) is 6.73. The number of benzene rings is 3. The molecule has 0 fully saturated rings. The average molecular weight is 560 g/mol. The normalized spacial score (nSPS) is 14.8. The number of fused-ring (bicyclic) bond motifs is 2. The van der Waals surface area contributed by atoms with Crippen molar-refractivity contribution in [3.8, 4) is 0 Å². The lowest BCUT2D eigenvalue weighted by Crippen LogP contribution is -2.29. The Morgan fingerprint density at radius 2 is 1.76 bits per heavy atom. The van der Waals surface area contributed by atoms with Gasteiger partial charge < -0.3 is 9.15 Å². The largest absolute Gasteiger partial charge is 0.462 e. The highest BCUT2D eigenvalue weighted by Gasteiger charge is 2.43. The molecule has 1 unspecified atom stereocenters. The van der Waals surface area contributed by atoms with Gasteiger partial charge in [-0.3, -0.25) is 14.5 Å². The molecule has 2 heterocycles. The number of esters is 1. The third kappa shape index (κ3) is 4.48. The third-order valence-corrected chi connectivity index (χ3v) is 7.26. The van der Waals surface area contributed by atoms with Crippen molar-refractivity contribution in [3.05, 3.63) is 109 Å². The maximum atomic E-state index is 13.8. The molecule has 0 radical (unpaired) electrons. The number of ether oxygens (including phenoxy) is 1. The molecule has 1 aromatic heterocycles. The molecule has 0 aliphatic carbocycles. The van der Waals surface area contributed by atoms with Gasteiger partial charge in [0.1, 0.15) is 5.58 Å².